The Labute approximate surface area is 107 Å². The molecule has 0 aliphatic heterocycles. The smallest absolute Gasteiger partial charge is 0.323 e. The Morgan fingerprint density at radius 1 is 1.28 bits per heavy atom. The molecule has 0 atom stereocenters. The van der Waals surface area contributed by atoms with Gasteiger partial charge in [0.15, 0.2) is 0 Å². The van der Waals surface area contributed by atoms with Crippen LogP contribution in [-0.2, 0) is 4.79 Å². The molecule has 2 N–H and O–H groups in total. The third kappa shape index (κ3) is 6.11. The van der Waals surface area contributed by atoms with Crippen LogP contribution in [0.5, 0.6) is 0 Å². The molecule has 0 fully saturated rings. The van der Waals surface area contributed by atoms with Gasteiger partial charge in [-0.25, -0.2) is 4.79 Å². The van der Waals surface area contributed by atoms with Crippen molar-refractivity contribution in [2.75, 3.05) is 32.8 Å². The highest BCUT2D eigenvalue weighted by Crippen LogP contribution is 2.02. The van der Waals surface area contributed by atoms with Gasteiger partial charge >= 0.3 is 12.0 Å². The molecule has 0 saturated carbocycles. The minimum atomic E-state index is -1.11. The summed E-state index contributed by atoms with van der Waals surface area (Å²) in [5.41, 5.74) is 0. The summed E-state index contributed by atoms with van der Waals surface area (Å²) < 4.78 is 0. The first-order valence-electron chi connectivity index (χ1n) is 5.86. The Kier molecular flexibility index (Phi) is 8.41. The topological polar surface area (TPSA) is 81.1 Å². The summed E-state index contributed by atoms with van der Waals surface area (Å²) in [5.74, 6) is 1.15. The number of terminal acetylenes is 1. The van der Waals surface area contributed by atoms with Crippen molar-refractivity contribution in [3.63, 3.8) is 0 Å². The molecule has 2 amide bonds. The van der Waals surface area contributed by atoms with Crippen LogP contribution in [0, 0.1) is 12.3 Å². The Morgan fingerprint density at radius 2 is 1.94 bits per heavy atom. The highest BCUT2D eigenvalue weighted by atomic mass is 16.4. The number of rotatable bonds is 8. The molecule has 6 heteroatoms. The fraction of sp³-hybridized carbons (Fsp3) is 0.667. The molecule has 0 aromatic rings. The van der Waals surface area contributed by atoms with E-state index < -0.39 is 18.5 Å². The summed E-state index contributed by atoms with van der Waals surface area (Å²) in [6.07, 6.45) is 6.81. The molecule has 0 bridgehead atoms. The third-order valence-corrected chi connectivity index (χ3v) is 2.30. The minimum absolute atomic E-state index is 0.0564. The van der Waals surface area contributed by atoms with Crippen LogP contribution >= 0.6 is 0 Å². The minimum Gasteiger partial charge on any atom is -0.480 e. The van der Waals surface area contributed by atoms with E-state index in [1.165, 1.54) is 4.90 Å². The first-order chi connectivity index (χ1) is 8.56. The number of hydrogen-bond donors (Lipinski definition) is 2. The second-order valence-electron chi connectivity index (χ2n) is 3.80. The third-order valence-electron chi connectivity index (χ3n) is 2.30. The van der Waals surface area contributed by atoms with Crippen molar-refractivity contribution in [3.8, 4) is 12.3 Å². The van der Waals surface area contributed by atoms with Crippen molar-refractivity contribution in [1.29, 1.82) is 0 Å². The maximum absolute atomic E-state index is 12.0. The van der Waals surface area contributed by atoms with Crippen LogP contribution in [0.4, 0.5) is 4.79 Å². The van der Waals surface area contributed by atoms with Crippen LogP contribution in [0.25, 0.3) is 0 Å². The van der Waals surface area contributed by atoms with E-state index in [9.17, 15) is 9.59 Å². The van der Waals surface area contributed by atoms with E-state index in [2.05, 4.69) is 5.92 Å². The summed E-state index contributed by atoms with van der Waals surface area (Å²) in [4.78, 5) is 25.2. The maximum Gasteiger partial charge on any atom is 0.323 e. The lowest BCUT2D eigenvalue weighted by Gasteiger charge is -2.28. The molecule has 0 radical (unpaired) electrons. The van der Waals surface area contributed by atoms with Crippen LogP contribution in [0.3, 0.4) is 0 Å². The van der Waals surface area contributed by atoms with Crippen LogP contribution in [0.2, 0.25) is 0 Å². The zero-order valence-electron chi connectivity index (χ0n) is 10.6. The highest BCUT2D eigenvalue weighted by Gasteiger charge is 2.21. The van der Waals surface area contributed by atoms with Crippen LogP contribution in [-0.4, -0.2) is 64.8 Å². The molecule has 0 aromatic carbocycles. The molecule has 0 heterocycles. The highest BCUT2D eigenvalue weighted by molar-refractivity contribution is 5.80. The van der Waals surface area contributed by atoms with E-state index in [0.29, 0.717) is 6.54 Å². The predicted octanol–water partition coefficient (Wildman–Crippen LogP) is 0.221. The van der Waals surface area contributed by atoms with Gasteiger partial charge in [-0.2, -0.15) is 0 Å². The monoisotopic (exact) mass is 256 g/mol. The molecule has 102 valence electrons. The van der Waals surface area contributed by atoms with E-state index in [4.69, 9.17) is 16.6 Å². The Bertz CT molecular complexity index is 312. The van der Waals surface area contributed by atoms with Crippen molar-refractivity contribution in [3.05, 3.63) is 0 Å². The van der Waals surface area contributed by atoms with Gasteiger partial charge in [-0.3, -0.25) is 4.79 Å². The Morgan fingerprint density at radius 3 is 2.39 bits per heavy atom. The lowest BCUT2D eigenvalue weighted by molar-refractivity contribution is -0.137. The number of carboxylic acid groups (broad SMARTS) is 1. The summed E-state index contributed by atoms with van der Waals surface area (Å²) in [7, 11) is 0. The largest absolute Gasteiger partial charge is 0.480 e. The number of urea groups is 1. The molecule has 6 nitrogen and oxygen atoms in total. The molecule has 18 heavy (non-hydrogen) atoms. The van der Waals surface area contributed by atoms with E-state index in [0.717, 1.165) is 17.7 Å². The molecule has 0 unspecified atom stereocenters. The van der Waals surface area contributed by atoms with Crippen molar-refractivity contribution in [2.45, 2.75) is 19.8 Å². The number of hydrogen-bond acceptors (Lipinski definition) is 3. The standard InChI is InChI=1S/C12H20N2O4/c1-3-5-7-13(8-9-15)12(18)14(6-4-2)10-11(16)17/h2,15H,3,5-10H2,1H3,(H,16,17). The summed E-state index contributed by atoms with van der Waals surface area (Å²) in [6, 6.07) is -0.446. The van der Waals surface area contributed by atoms with E-state index in [1.54, 1.807) is 0 Å². The number of amides is 2. The van der Waals surface area contributed by atoms with Gasteiger partial charge in [0.05, 0.1) is 13.2 Å². The average molecular weight is 256 g/mol. The first-order valence-corrected chi connectivity index (χ1v) is 5.86. The van der Waals surface area contributed by atoms with Gasteiger partial charge in [0.2, 0.25) is 0 Å². The number of aliphatic hydroxyl groups excluding tert-OH is 1. The van der Waals surface area contributed by atoms with Gasteiger partial charge in [0, 0.05) is 13.1 Å². The predicted molar refractivity (Wildman–Crippen MR) is 67.0 cm³/mol. The zero-order chi connectivity index (χ0) is 14.0. The number of aliphatic carboxylic acids is 1. The fourth-order valence-electron chi connectivity index (χ4n) is 1.44. The van der Waals surface area contributed by atoms with Gasteiger partial charge in [-0.1, -0.05) is 19.3 Å². The lowest BCUT2D eigenvalue weighted by atomic mass is 10.3. The normalized spacial score (nSPS) is 9.61. The van der Waals surface area contributed by atoms with Crippen molar-refractivity contribution in [2.24, 2.45) is 0 Å². The molecule has 0 aliphatic rings. The van der Waals surface area contributed by atoms with Gasteiger partial charge in [-0.15, -0.1) is 6.42 Å². The molecule has 0 saturated heterocycles. The van der Waals surface area contributed by atoms with Crippen LogP contribution in [0.1, 0.15) is 19.8 Å². The van der Waals surface area contributed by atoms with E-state index in [1.807, 2.05) is 6.92 Å². The molecule has 0 rings (SSSR count). The van der Waals surface area contributed by atoms with Crippen molar-refractivity contribution >= 4 is 12.0 Å². The van der Waals surface area contributed by atoms with Crippen LogP contribution < -0.4 is 0 Å². The van der Waals surface area contributed by atoms with Crippen molar-refractivity contribution < 1.29 is 19.8 Å². The quantitative estimate of drug-likeness (QED) is 0.609. The zero-order valence-corrected chi connectivity index (χ0v) is 10.6. The van der Waals surface area contributed by atoms with Gasteiger partial charge in [0.1, 0.15) is 6.54 Å². The van der Waals surface area contributed by atoms with E-state index >= 15 is 0 Å². The number of carboxylic acids is 1. The second-order valence-corrected chi connectivity index (χ2v) is 3.80. The lowest BCUT2D eigenvalue weighted by Crippen LogP contribution is -2.46. The Hall–Kier alpha value is -1.74. The maximum atomic E-state index is 12.0. The number of nitrogens with zero attached hydrogens (tertiary/aromatic N) is 2. The van der Waals surface area contributed by atoms with Gasteiger partial charge in [-0.05, 0) is 6.42 Å². The van der Waals surface area contributed by atoms with E-state index in [-0.39, 0.29) is 19.7 Å². The first kappa shape index (κ1) is 16.3. The number of carbonyl (C=O) groups is 2. The Balaban J connectivity index is 4.65. The second kappa shape index (κ2) is 9.31. The molecule has 0 spiro atoms. The number of unbranched alkanes of at least 4 members (excludes halogenated alkanes) is 1. The molecular formula is C12H20N2O4. The van der Waals surface area contributed by atoms with Crippen molar-refractivity contribution in [1.82, 2.24) is 9.80 Å². The summed E-state index contributed by atoms with van der Waals surface area (Å²) in [6.45, 7) is 2.00. The van der Waals surface area contributed by atoms with Gasteiger partial charge in [0.25, 0.3) is 0 Å². The molecule has 0 aromatic heterocycles. The SMILES string of the molecule is C#CCN(CC(=O)O)C(=O)N(CCO)CCCC. The fourth-order valence-corrected chi connectivity index (χ4v) is 1.44. The number of aliphatic hydroxyl groups is 1. The summed E-state index contributed by atoms with van der Waals surface area (Å²) >= 11 is 0. The average Bonchev–Trinajstić information content (AvgIpc) is 2.32. The van der Waals surface area contributed by atoms with Gasteiger partial charge < -0.3 is 20.0 Å². The van der Waals surface area contributed by atoms with Crippen LogP contribution in [0.15, 0.2) is 0 Å². The summed E-state index contributed by atoms with van der Waals surface area (Å²) in [5, 5.41) is 17.6. The molecular weight excluding hydrogens is 236 g/mol. The number of carbonyl (C=O) groups excluding carboxylic acids is 1. The molecule has 0 aliphatic carbocycles.